The number of halogens is 2. The van der Waals surface area contributed by atoms with Crippen molar-refractivity contribution in [1.82, 2.24) is 10.9 Å². The minimum atomic E-state index is -0.784. The average molecular weight is 381 g/mol. The van der Waals surface area contributed by atoms with Crippen molar-refractivity contribution in [3.63, 3.8) is 0 Å². The summed E-state index contributed by atoms with van der Waals surface area (Å²) >= 11 is 11.7. The fraction of sp³-hybridized carbons (Fsp3) is 0.222. The number of hydrogen-bond acceptors (Lipinski definition) is 3. The second kappa shape index (κ2) is 8.74. The van der Waals surface area contributed by atoms with Crippen LogP contribution in [0.4, 0.5) is 0 Å². The van der Waals surface area contributed by atoms with Gasteiger partial charge in [0.15, 0.2) is 6.10 Å². The zero-order valence-corrected chi connectivity index (χ0v) is 15.3. The Morgan fingerprint density at radius 3 is 2.36 bits per heavy atom. The van der Waals surface area contributed by atoms with Crippen molar-refractivity contribution in [3.05, 3.63) is 63.6 Å². The first-order valence-corrected chi connectivity index (χ1v) is 8.47. The van der Waals surface area contributed by atoms with E-state index < -0.39 is 17.9 Å². The van der Waals surface area contributed by atoms with Crippen molar-refractivity contribution in [2.45, 2.75) is 26.4 Å². The molecule has 0 spiro atoms. The number of carbonyl (C=O) groups excluding carboxylic acids is 2. The molecule has 132 valence electrons. The first-order valence-electron chi connectivity index (χ1n) is 7.71. The molecule has 5 nitrogen and oxygen atoms in total. The maximum Gasteiger partial charge on any atom is 0.279 e. The van der Waals surface area contributed by atoms with Crippen LogP contribution in [0, 0.1) is 0 Å². The highest BCUT2D eigenvalue weighted by Crippen LogP contribution is 2.20. The third kappa shape index (κ3) is 5.37. The van der Waals surface area contributed by atoms with Gasteiger partial charge in [0.1, 0.15) is 5.75 Å². The SMILES string of the molecule is CCc1ccc(O[C@@H](C)C(=O)NNC(=O)c2ccc(Cl)cc2Cl)cc1. The van der Waals surface area contributed by atoms with Crippen LogP contribution in [0.15, 0.2) is 42.5 Å². The van der Waals surface area contributed by atoms with E-state index in [0.29, 0.717) is 10.8 Å². The highest BCUT2D eigenvalue weighted by atomic mass is 35.5. The van der Waals surface area contributed by atoms with Crippen LogP contribution in [-0.4, -0.2) is 17.9 Å². The Hall–Kier alpha value is -2.24. The van der Waals surface area contributed by atoms with Gasteiger partial charge >= 0.3 is 0 Å². The number of nitrogens with one attached hydrogen (secondary N) is 2. The zero-order valence-electron chi connectivity index (χ0n) is 13.8. The van der Waals surface area contributed by atoms with Gasteiger partial charge < -0.3 is 4.74 Å². The predicted molar refractivity (Wildman–Crippen MR) is 98.0 cm³/mol. The number of rotatable bonds is 5. The monoisotopic (exact) mass is 380 g/mol. The van der Waals surface area contributed by atoms with Gasteiger partial charge in [-0.1, -0.05) is 42.3 Å². The Bertz CT molecular complexity index is 763. The molecule has 25 heavy (non-hydrogen) atoms. The Labute approximate surface area is 156 Å². The van der Waals surface area contributed by atoms with Gasteiger partial charge in [-0.3, -0.25) is 20.4 Å². The second-order valence-electron chi connectivity index (χ2n) is 5.33. The summed E-state index contributed by atoms with van der Waals surface area (Å²) in [7, 11) is 0. The maximum atomic E-state index is 12.0. The molecule has 0 aliphatic heterocycles. The number of ether oxygens (including phenoxy) is 1. The van der Waals surface area contributed by atoms with Gasteiger partial charge in [-0.05, 0) is 49.2 Å². The molecular weight excluding hydrogens is 363 g/mol. The largest absolute Gasteiger partial charge is 0.481 e. The van der Waals surface area contributed by atoms with Gasteiger partial charge in [0, 0.05) is 5.02 Å². The van der Waals surface area contributed by atoms with Gasteiger partial charge in [-0.25, -0.2) is 0 Å². The molecule has 0 aromatic heterocycles. The Morgan fingerprint density at radius 1 is 1.08 bits per heavy atom. The molecule has 2 aromatic carbocycles. The van der Waals surface area contributed by atoms with Crippen LogP contribution in [0.2, 0.25) is 10.0 Å². The minimum Gasteiger partial charge on any atom is -0.481 e. The van der Waals surface area contributed by atoms with E-state index in [1.165, 1.54) is 23.8 Å². The van der Waals surface area contributed by atoms with Crippen LogP contribution in [0.1, 0.15) is 29.8 Å². The van der Waals surface area contributed by atoms with Crippen LogP contribution in [0.3, 0.4) is 0 Å². The summed E-state index contributed by atoms with van der Waals surface area (Å²) in [6.45, 7) is 3.64. The van der Waals surface area contributed by atoms with Crippen LogP contribution < -0.4 is 15.6 Å². The molecule has 2 amide bonds. The van der Waals surface area contributed by atoms with Crippen molar-refractivity contribution >= 4 is 35.0 Å². The van der Waals surface area contributed by atoms with Gasteiger partial charge in [0.2, 0.25) is 0 Å². The molecular formula is C18H18Cl2N2O3. The lowest BCUT2D eigenvalue weighted by Crippen LogP contribution is -2.47. The molecule has 0 bridgehead atoms. The molecule has 2 rings (SSSR count). The second-order valence-corrected chi connectivity index (χ2v) is 6.17. The van der Waals surface area contributed by atoms with Gasteiger partial charge in [-0.15, -0.1) is 0 Å². The van der Waals surface area contributed by atoms with Crippen LogP contribution in [-0.2, 0) is 11.2 Å². The summed E-state index contributed by atoms with van der Waals surface area (Å²) in [5.41, 5.74) is 5.99. The highest BCUT2D eigenvalue weighted by Gasteiger charge is 2.17. The number of amides is 2. The van der Waals surface area contributed by atoms with Gasteiger partial charge in [0.25, 0.3) is 11.8 Å². The highest BCUT2D eigenvalue weighted by molar-refractivity contribution is 6.36. The van der Waals surface area contributed by atoms with Crippen LogP contribution in [0.5, 0.6) is 5.75 Å². The van der Waals surface area contributed by atoms with E-state index in [1.54, 1.807) is 19.1 Å². The van der Waals surface area contributed by atoms with E-state index in [-0.39, 0.29) is 10.6 Å². The summed E-state index contributed by atoms with van der Waals surface area (Å²) in [6.07, 6.45) is 0.142. The van der Waals surface area contributed by atoms with Crippen LogP contribution in [0.25, 0.3) is 0 Å². The van der Waals surface area contributed by atoms with E-state index in [4.69, 9.17) is 27.9 Å². The van der Waals surface area contributed by atoms with Crippen molar-refractivity contribution < 1.29 is 14.3 Å². The van der Waals surface area contributed by atoms with Crippen molar-refractivity contribution in [1.29, 1.82) is 0 Å². The molecule has 0 radical (unpaired) electrons. The van der Waals surface area contributed by atoms with Crippen molar-refractivity contribution in [2.24, 2.45) is 0 Å². The molecule has 0 aliphatic rings. The molecule has 2 aromatic rings. The van der Waals surface area contributed by atoms with Gasteiger partial charge in [0.05, 0.1) is 10.6 Å². The molecule has 0 saturated carbocycles. The molecule has 0 fully saturated rings. The molecule has 2 N–H and O–H groups in total. The maximum absolute atomic E-state index is 12.0. The average Bonchev–Trinajstić information content (AvgIpc) is 2.60. The Kier molecular flexibility index (Phi) is 6.67. The normalized spacial score (nSPS) is 11.5. The summed E-state index contributed by atoms with van der Waals surface area (Å²) in [4.78, 5) is 24.1. The van der Waals surface area contributed by atoms with Crippen molar-refractivity contribution in [3.8, 4) is 5.75 Å². The summed E-state index contributed by atoms with van der Waals surface area (Å²) in [5, 5.41) is 0.612. The lowest BCUT2D eigenvalue weighted by atomic mass is 10.2. The minimum absolute atomic E-state index is 0.194. The van der Waals surface area contributed by atoms with Crippen LogP contribution >= 0.6 is 23.2 Å². The topological polar surface area (TPSA) is 67.4 Å². The standard InChI is InChI=1S/C18H18Cl2N2O3/c1-3-12-4-7-14(8-5-12)25-11(2)17(23)21-22-18(24)15-9-6-13(19)10-16(15)20/h4-11H,3H2,1-2H3,(H,21,23)(H,22,24)/t11-/m0/s1. The molecule has 0 aliphatic carbocycles. The summed E-state index contributed by atoms with van der Waals surface area (Å²) in [6, 6.07) is 11.9. The summed E-state index contributed by atoms with van der Waals surface area (Å²) in [5.74, 6) is -0.459. The third-order valence-corrected chi connectivity index (χ3v) is 4.04. The smallest absolute Gasteiger partial charge is 0.279 e. The Balaban J connectivity index is 1.88. The van der Waals surface area contributed by atoms with Gasteiger partial charge in [-0.2, -0.15) is 0 Å². The van der Waals surface area contributed by atoms with E-state index in [2.05, 4.69) is 17.8 Å². The van der Waals surface area contributed by atoms with E-state index in [0.717, 1.165) is 6.42 Å². The van der Waals surface area contributed by atoms with E-state index in [1.807, 2.05) is 12.1 Å². The zero-order chi connectivity index (χ0) is 18.4. The predicted octanol–water partition coefficient (Wildman–Crippen LogP) is 3.78. The lowest BCUT2D eigenvalue weighted by Gasteiger charge is -2.15. The number of hydrogen-bond donors (Lipinski definition) is 2. The molecule has 7 heteroatoms. The third-order valence-electron chi connectivity index (χ3n) is 3.49. The quantitative estimate of drug-likeness (QED) is 0.775. The number of aryl methyl sites for hydroxylation is 1. The first kappa shape index (κ1) is 19.1. The van der Waals surface area contributed by atoms with E-state index >= 15 is 0 Å². The molecule has 0 unspecified atom stereocenters. The lowest BCUT2D eigenvalue weighted by molar-refractivity contribution is -0.128. The number of carbonyl (C=O) groups is 2. The number of hydrazine groups is 1. The fourth-order valence-electron chi connectivity index (χ4n) is 2.02. The molecule has 0 heterocycles. The summed E-state index contributed by atoms with van der Waals surface area (Å²) < 4.78 is 5.55. The first-order chi connectivity index (χ1) is 11.9. The van der Waals surface area contributed by atoms with Crippen molar-refractivity contribution in [2.75, 3.05) is 0 Å². The number of benzene rings is 2. The Morgan fingerprint density at radius 2 is 1.76 bits per heavy atom. The molecule has 1 atom stereocenters. The molecule has 0 saturated heterocycles. The van der Waals surface area contributed by atoms with E-state index in [9.17, 15) is 9.59 Å². The fourth-order valence-corrected chi connectivity index (χ4v) is 2.52.